The number of carbonyl (C=O) groups excluding carboxylic acids is 1. The minimum atomic E-state index is 0.0351. The number of hydrogen-bond acceptors (Lipinski definition) is 3. The molecule has 1 atom stereocenters. The second-order valence-electron chi connectivity index (χ2n) is 4.83. The summed E-state index contributed by atoms with van der Waals surface area (Å²) in [6, 6.07) is 7.84. The first kappa shape index (κ1) is 13.1. The highest BCUT2D eigenvalue weighted by molar-refractivity contribution is 5.92. The number of benzene rings is 1. The van der Waals surface area contributed by atoms with E-state index in [1.54, 1.807) is 0 Å². The van der Waals surface area contributed by atoms with Gasteiger partial charge in [0.2, 0.25) is 5.91 Å². The van der Waals surface area contributed by atoms with Gasteiger partial charge in [0.05, 0.1) is 19.3 Å². The lowest BCUT2D eigenvalue weighted by Crippen LogP contribution is -2.44. The highest BCUT2D eigenvalue weighted by atomic mass is 16.5. The fourth-order valence-corrected chi connectivity index (χ4v) is 2.07. The van der Waals surface area contributed by atoms with Crippen LogP contribution in [-0.4, -0.2) is 43.2 Å². The van der Waals surface area contributed by atoms with Crippen molar-refractivity contribution in [2.45, 2.75) is 20.0 Å². The van der Waals surface area contributed by atoms with Crippen molar-refractivity contribution < 1.29 is 9.53 Å². The molecule has 98 valence electrons. The van der Waals surface area contributed by atoms with Gasteiger partial charge in [-0.25, -0.2) is 0 Å². The van der Waals surface area contributed by atoms with E-state index in [0.717, 1.165) is 18.8 Å². The monoisotopic (exact) mass is 248 g/mol. The van der Waals surface area contributed by atoms with Crippen molar-refractivity contribution in [3.63, 3.8) is 0 Å². The number of hydrogen-bond donors (Lipinski definition) is 1. The minimum Gasteiger partial charge on any atom is -0.376 e. The Morgan fingerprint density at radius 3 is 2.83 bits per heavy atom. The normalized spacial score (nSPS) is 20.7. The number of rotatable bonds is 3. The number of anilines is 1. The lowest BCUT2D eigenvalue weighted by molar-refractivity contribution is -0.119. The summed E-state index contributed by atoms with van der Waals surface area (Å²) >= 11 is 0. The summed E-state index contributed by atoms with van der Waals surface area (Å²) in [5.74, 6) is 0.0351. The molecule has 0 saturated carbocycles. The van der Waals surface area contributed by atoms with Crippen LogP contribution >= 0.6 is 0 Å². The number of morpholine rings is 1. The van der Waals surface area contributed by atoms with Crippen LogP contribution in [-0.2, 0) is 9.53 Å². The van der Waals surface area contributed by atoms with Crippen molar-refractivity contribution in [2.24, 2.45) is 0 Å². The largest absolute Gasteiger partial charge is 0.376 e. The molecule has 1 N–H and O–H groups in total. The zero-order chi connectivity index (χ0) is 13.0. The van der Waals surface area contributed by atoms with Gasteiger partial charge in [-0.1, -0.05) is 17.7 Å². The predicted molar refractivity (Wildman–Crippen MR) is 71.7 cm³/mol. The number of carbonyl (C=O) groups is 1. The van der Waals surface area contributed by atoms with E-state index in [1.807, 2.05) is 38.1 Å². The van der Waals surface area contributed by atoms with Crippen LogP contribution in [0.3, 0.4) is 0 Å². The number of nitrogens with zero attached hydrogens (tertiary/aromatic N) is 1. The molecule has 1 aromatic carbocycles. The van der Waals surface area contributed by atoms with Crippen molar-refractivity contribution >= 4 is 11.6 Å². The van der Waals surface area contributed by atoms with Crippen molar-refractivity contribution in [3.05, 3.63) is 29.8 Å². The molecule has 1 unspecified atom stereocenters. The summed E-state index contributed by atoms with van der Waals surface area (Å²) in [6.07, 6.45) is 0.214. The van der Waals surface area contributed by atoms with E-state index in [-0.39, 0.29) is 12.0 Å². The fraction of sp³-hybridized carbons (Fsp3) is 0.500. The quantitative estimate of drug-likeness (QED) is 0.884. The Bertz CT molecular complexity index is 403. The number of nitrogens with one attached hydrogen (secondary N) is 1. The molecule has 1 saturated heterocycles. The van der Waals surface area contributed by atoms with Gasteiger partial charge in [0.25, 0.3) is 0 Å². The number of aryl methyl sites for hydroxylation is 1. The molecule has 0 aliphatic carbocycles. The van der Waals surface area contributed by atoms with Crippen LogP contribution in [0.1, 0.15) is 12.5 Å². The van der Waals surface area contributed by atoms with E-state index < -0.39 is 0 Å². The van der Waals surface area contributed by atoms with Gasteiger partial charge >= 0.3 is 0 Å². The third-order valence-corrected chi connectivity index (χ3v) is 3.03. The molecule has 4 nitrogen and oxygen atoms in total. The Morgan fingerprint density at radius 2 is 2.17 bits per heavy atom. The maximum Gasteiger partial charge on any atom is 0.238 e. The van der Waals surface area contributed by atoms with E-state index in [9.17, 15) is 4.79 Å². The van der Waals surface area contributed by atoms with Gasteiger partial charge in [-0.3, -0.25) is 9.69 Å². The summed E-state index contributed by atoms with van der Waals surface area (Å²) in [7, 11) is 0. The van der Waals surface area contributed by atoms with Crippen LogP contribution in [0.25, 0.3) is 0 Å². The van der Waals surface area contributed by atoms with Crippen molar-refractivity contribution in [3.8, 4) is 0 Å². The van der Waals surface area contributed by atoms with Crippen LogP contribution in [0, 0.1) is 6.92 Å². The molecule has 0 bridgehead atoms. The van der Waals surface area contributed by atoms with Crippen LogP contribution in [0.5, 0.6) is 0 Å². The summed E-state index contributed by atoms with van der Waals surface area (Å²) in [6.45, 7) is 6.85. The fourth-order valence-electron chi connectivity index (χ4n) is 2.07. The molecule has 18 heavy (non-hydrogen) atoms. The molecule has 1 amide bonds. The maximum absolute atomic E-state index is 11.9. The van der Waals surface area contributed by atoms with Crippen LogP contribution in [0.15, 0.2) is 24.3 Å². The van der Waals surface area contributed by atoms with Gasteiger partial charge in [0, 0.05) is 18.8 Å². The molecule has 4 heteroatoms. The first-order valence-corrected chi connectivity index (χ1v) is 6.34. The first-order valence-electron chi connectivity index (χ1n) is 6.34. The van der Waals surface area contributed by atoms with Crippen molar-refractivity contribution in [2.75, 3.05) is 31.6 Å². The molecular weight excluding hydrogens is 228 g/mol. The van der Waals surface area contributed by atoms with Gasteiger partial charge < -0.3 is 10.1 Å². The van der Waals surface area contributed by atoms with E-state index in [0.29, 0.717) is 13.2 Å². The molecule has 1 aliphatic rings. The number of amides is 1. The second kappa shape index (κ2) is 5.98. The third-order valence-electron chi connectivity index (χ3n) is 3.03. The smallest absolute Gasteiger partial charge is 0.238 e. The molecule has 0 radical (unpaired) electrons. The highest BCUT2D eigenvalue weighted by Crippen LogP contribution is 2.09. The Hall–Kier alpha value is -1.39. The zero-order valence-electron chi connectivity index (χ0n) is 11.0. The van der Waals surface area contributed by atoms with Gasteiger partial charge in [-0.05, 0) is 26.0 Å². The molecule has 0 spiro atoms. The Kier molecular flexibility index (Phi) is 4.33. The molecule has 1 aliphatic heterocycles. The molecule has 2 rings (SSSR count). The molecule has 1 fully saturated rings. The van der Waals surface area contributed by atoms with Crippen molar-refractivity contribution in [1.82, 2.24) is 4.90 Å². The predicted octanol–water partition coefficient (Wildman–Crippen LogP) is 1.65. The van der Waals surface area contributed by atoms with Gasteiger partial charge in [0.1, 0.15) is 0 Å². The first-order chi connectivity index (χ1) is 8.63. The van der Waals surface area contributed by atoms with Crippen LogP contribution in [0.2, 0.25) is 0 Å². The maximum atomic E-state index is 11.9. The van der Waals surface area contributed by atoms with Crippen LogP contribution < -0.4 is 5.32 Å². The molecule has 1 heterocycles. The van der Waals surface area contributed by atoms with Gasteiger partial charge in [-0.15, -0.1) is 0 Å². The van der Waals surface area contributed by atoms with E-state index in [2.05, 4.69) is 10.2 Å². The Labute approximate surface area is 108 Å². The Balaban J connectivity index is 1.83. The van der Waals surface area contributed by atoms with Crippen LogP contribution in [0.4, 0.5) is 5.69 Å². The van der Waals surface area contributed by atoms with Gasteiger partial charge in [0.15, 0.2) is 0 Å². The molecule has 1 aromatic rings. The zero-order valence-corrected chi connectivity index (χ0v) is 11.0. The van der Waals surface area contributed by atoms with E-state index in [4.69, 9.17) is 4.74 Å². The summed E-state index contributed by atoms with van der Waals surface area (Å²) in [5, 5.41) is 2.91. The lowest BCUT2D eigenvalue weighted by atomic mass is 10.2. The molecular formula is C14H20N2O2. The van der Waals surface area contributed by atoms with E-state index >= 15 is 0 Å². The minimum absolute atomic E-state index is 0.0351. The van der Waals surface area contributed by atoms with Crippen molar-refractivity contribution in [1.29, 1.82) is 0 Å². The summed E-state index contributed by atoms with van der Waals surface area (Å²) < 4.78 is 5.45. The topological polar surface area (TPSA) is 41.6 Å². The summed E-state index contributed by atoms with van der Waals surface area (Å²) in [4.78, 5) is 14.0. The summed E-state index contributed by atoms with van der Waals surface area (Å²) in [5.41, 5.74) is 2.04. The standard InChI is InChI=1S/C14H20N2O2/c1-11-3-5-13(6-4-11)15-14(17)10-16-7-8-18-12(2)9-16/h3-6,12H,7-10H2,1-2H3,(H,15,17). The SMILES string of the molecule is Cc1ccc(NC(=O)CN2CCOC(C)C2)cc1. The lowest BCUT2D eigenvalue weighted by Gasteiger charge is -2.30. The Morgan fingerprint density at radius 1 is 1.44 bits per heavy atom. The highest BCUT2D eigenvalue weighted by Gasteiger charge is 2.18. The average Bonchev–Trinajstić information content (AvgIpc) is 2.32. The van der Waals surface area contributed by atoms with Gasteiger partial charge in [-0.2, -0.15) is 0 Å². The van der Waals surface area contributed by atoms with E-state index in [1.165, 1.54) is 5.56 Å². The number of ether oxygens (including phenoxy) is 1. The molecule has 0 aromatic heterocycles. The third kappa shape index (κ3) is 3.82. The average molecular weight is 248 g/mol. The second-order valence-corrected chi connectivity index (χ2v) is 4.83.